The summed E-state index contributed by atoms with van der Waals surface area (Å²) in [5, 5.41) is 9.92. The topological polar surface area (TPSA) is 64.7 Å². The van der Waals surface area contributed by atoms with Crippen molar-refractivity contribution < 1.29 is 4.42 Å². The highest BCUT2D eigenvalue weighted by molar-refractivity contribution is 6.25. The van der Waals surface area contributed by atoms with Crippen LogP contribution in [0.25, 0.3) is 122 Å². The number of aromatic nitrogens is 4. The number of hydrogen-bond acceptors (Lipinski definition) is 5. The molecule has 3 aromatic heterocycles. The van der Waals surface area contributed by atoms with Crippen LogP contribution in [0.3, 0.4) is 0 Å². The summed E-state index contributed by atoms with van der Waals surface area (Å²) in [4.78, 5) is 20.5. The van der Waals surface area contributed by atoms with Crippen LogP contribution in [0, 0.1) is 0 Å². The molecule has 3 heterocycles. The highest BCUT2D eigenvalue weighted by Gasteiger charge is 2.20. The van der Waals surface area contributed by atoms with Crippen LogP contribution < -0.4 is 0 Å². The third-order valence-corrected chi connectivity index (χ3v) is 11.5. The second-order valence-electron chi connectivity index (χ2n) is 15.0. The van der Waals surface area contributed by atoms with E-state index in [4.69, 9.17) is 24.4 Å². The van der Waals surface area contributed by atoms with Crippen molar-refractivity contribution in [2.75, 3.05) is 0 Å². The van der Waals surface area contributed by atoms with Crippen LogP contribution in [-0.4, -0.2) is 19.9 Å². The summed E-state index contributed by atoms with van der Waals surface area (Å²) in [5.74, 6) is 1.85. The van der Waals surface area contributed by atoms with Crippen LogP contribution in [0.2, 0.25) is 0 Å². The van der Waals surface area contributed by atoms with Crippen LogP contribution in [-0.2, 0) is 0 Å². The van der Waals surface area contributed by atoms with E-state index in [1.807, 2.05) is 12.1 Å². The second-order valence-corrected chi connectivity index (χ2v) is 15.0. The van der Waals surface area contributed by atoms with Crippen molar-refractivity contribution in [3.63, 3.8) is 0 Å². The van der Waals surface area contributed by atoms with Gasteiger partial charge in [0.1, 0.15) is 11.2 Å². The van der Waals surface area contributed by atoms with E-state index in [2.05, 4.69) is 182 Å². The fourth-order valence-electron chi connectivity index (χ4n) is 8.58. The van der Waals surface area contributed by atoms with E-state index in [1.54, 1.807) is 0 Å². The molecule has 0 bridgehead atoms. The molecule has 9 aromatic carbocycles. The summed E-state index contributed by atoms with van der Waals surface area (Å²) >= 11 is 0. The van der Waals surface area contributed by atoms with Gasteiger partial charge in [0.25, 0.3) is 0 Å². The van der Waals surface area contributed by atoms with Crippen molar-refractivity contribution >= 4 is 65.2 Å². The first-order valence-corrected chi connectivity index (χ1v) is 19.8. The summed E-state index contributed by atoms with van der Waals surface area (Å²) < 4.78 is 7.05. The van der Waals surface area contributed by atoms with Crippen LogP contribution in [0.4, 0.5) is 0 Å². The molecule has 0 unspecified atom stereocenters. The van der Waals surface area contributed by atoms with Crippen molar-refractivity contribution in [3.05, 3.63) is 194 Å². The Bertz CT molecular complexity index is 3530. The zero-order valence-electron chi connectivity index (χ0n) is 31.7. The van der Waals surface area contributed by atoms with Crippen molar-refractivity contribution in [1.82, 2.24) is 19.9 Å². The van der Waals surface area contributed by atoms with Crippen LogP contribution in [0.15, 0.2) is 199 Å². The number of benzene rings is 9. The monoisotopic (exact) mass is 752 g/mol. The maximum Gasteiger partial charge on any atom is 0.164 e. The minimum atomic E-state index is 0.600. The van der Waals surface area contributed by atoms with Crippen LogP contribution in [0.5, 0.6) is 0 Å². The van der Waals surface area contributed by atoms with Crippen molar-refractivity contribution in [3.8, 4) is 56.5 Å². The lowest BCUT2D eigenvalue weighted by Crippen LogP contribution is -2.00. The Hall–Kier alpha value is -8.02. The molecule has 0 amide bonds. The molecule has 0 aliphatic rings. The largest absolute Gasteiger partial charge is 0.455 e. The minimum Gasteiger partial charge on any atom is -0.455 e. The molecule has 5 heteroatoms. The van der Waals surface area contributed by atoms with E-state index >= 15 is 0 Å². The fourth-order valence-corrected chi connectivity index (χ4v) is 8.58. The Morgan fingerprint density at radius 3 is 1.54 bits per heavy atom. The van der Waals surface area contributed by atoms with E-state index in [0.717, 1.165) is 93.5 Å². The lowest BCUT2D eigenvalue weighted by Gasteiger charge is -2.11. The van der Waals surface area contributed by atoms with Crippen molar-refractivity contribution in [1.29, 1.82) is 0 Å². The van der Waals surface area contributed by atoms with Crippen LogP contribution >= 0.6 is 0 Å². The van der Waals surface area contributed by atoms with Gasteiger partial charge in [-0.2, -0.15) is 0 Å². The number of fused-ring (bicyclic) bond motifs is 9. The molecule has 0 N–H and O–H groups in total. The van der Waals surface area contributed by atoms with Crippen molar-refractivity contribution in [2.45, 2.75) is 0 Å². The molecule has 0 saturated heterocycles. The second kappa shape index (κ2) is 13.3. The average Bonchev–Trinajstić information content (AvgIpc) is 3.70. The number of pyridine rings is 1. The van der Waals surface area contributed by atoms with Crippen LogP contribution in [0.1, 0.15) is 0 Å². The zero-order valence-corrected chi connectivity index (χ0v) is 31.7. The number of rotatable bonds is 5. The van der Waals surface area contributed by atoms with Gasteiger partial charge in [-0.05, 0) is 57.4 Å². The molecule has 12 aromatic rings. The number of furan rings is 1. The standard InChI is InChI=1S/C54H32N4O/c1-2-14-35(15-3-1)49-46-29-28-44-43-22-11-21-42(50(43)59-51(44)48(46)45-20-8-9-23-47(45)55-49)38-18-10-19-39(32-38)52-56-53(40-26-24-33-12-4-6-16-36(33)30-40)58-54(57-52)41-27-25-34-13-5-7-17-37(34)31-41/h1-32H. The Morgan fingerprint density at radius 1 is 0.305 bits per heavy atom. The normalized spacial score (nSPS) is 11.7. The molecule has 0 fully saturated rings. The Kier molecular flexibility index (Phi) is 7.47. The maximum absolute atomic E-state index is 7.05. The maximum atomic E-state index is 7.05. The Morgan fingerprint density at radius 2 is 0.831 bits per heavy atom. The third-order valence-electron chi connectivity index (χ3n) is 11.5. The summed E-state index contributed by atoms with van der Waals surface area (Å²) in [5.41, 5.74) is 9.39. The van der Waals surface area contributed by atoms with Gasteiger partial charge in [-0.3, -0.25) is 0 Å². The lowest BCUT2D eigenvalue weighted by molar-refractivity contribution is 0.674. The number of nitrogens with zero attached hydrogens (tertiary/aromatic N) is 4. The average molecular weight is 753 g/mol. The lowest BCUT2D eigenvalue weighted by atomic mass is 9.97. The SMILES string of the molecule is c1ccc(-c2nc3ccccc3c3c2ccc2c4cccc(-c5cccc(-c6nc(-c7ccc8ccccc8c7)nc(-c7ccc8ccccc8c7)n6)c5)c4oc23)cc1. The molecule has 5 nitrogen and oxygen atoms in total. The van der Waals surface area contributed by atoms with E-state index in [9.17, 15) is 0 Å². The number of hydrogen-bond donors (Lipinski definition) is 0. The fraction of sp³-hybridized carbons (Fsp3) is 0. The first kappa shape index (κ1) is 33.2. The van der Waals surface area contributed by atoms with Gasteiger partial charge >= 0.3 is 0 Å². The van der Waals surface area contributed by atoms with Gasteiger partial charge in [-0.1, -0.05) is 164 Å². The van der Waals surface area contributed by atoms with Gasteiger partial charge in [0, 0.05) is 54.7 Å². The first-order chi connectivity index (χ1) is 29.2. The Labute approximate surface area is 338 Å². The highest BCUT2D eigenvalue weighted by atomic mass is 16.3. The predicted molar refractivity (Wildman–Crippen MR) is 242 cm³/mol. The summed E-state index contributed by atoms with van der Waals surface area (Å²) in [6.07, 6.45) is 0. The highest BCUT2D eigenvalue weighted by Crippen LogP contribution is 2.43. The molecule has 0 saturated carbocycles. The molecular weight excluding hydrogens is 721 g/mol. The van der Waals surface area contributed by atoms with Gasteiger partial charge in [0.2, 0.25) is 0 Å². The summed E-state index contributed by atoms with van der Waals surface area (Å²) in [6.45, 7) is 0. The van der Waals surface area contributed by atoms with Gasteiger partial charge in [0.05, 0.1) is 11.2 Å². The van der Waals surface area contributed by atoms with E-state index in [1.165, 1.54) is 10.8 Å². The molecule has 12 rings (SSSR count). The summed E-state index contributed by atoms with van der Waals surface area (Å²) in [6, 6.07) is 67.4. The first-order valence-electron chi connectivity index (χ1n) is 19.8. The molecule has 0 spiro atoms. The van der Waals surface area contributed by atoms with E-state index < -0.39 is 0 Å². The molecule has 274 valence electrons. The quantitative estimate of drug-likeness (QED) is 0.164. The van der Waals surface area contributed by atoms with Gasteiger partial charge in [0.15, 0.2) is 17.5 Å². The molecule has 0 radical (unpaired) electrons. The smallest absolute Gasteiger partial charge is 0.164 e. The minimum absolute atomic E-state index is 0.600. The molecule has 0 atom stereocenters. The van der Waals surface area contributed by atoms with Gasteiger partial charge in [-0.15, -0.1) is 0 Å². The van der Waals surface area contributed by atoms with E-state index in [-0.39, 0.29) is 0 Å². The van der Waals surface area contributed by atoms with E-state index in [0.29, 0.717) is 17.5 Å². The van der Waals surface area contributed by atoms with Gasteiger partial charge in [-0.25, -0.2) is 19.9 Å². The predicted octanol–water partition coefficient (Wildman–Crippen LogP) is 14.1. The number of para-hydroxylation sites is 2. The Balaban J connectivity index is 1.04. The zero-order chi connectivity index (χ0) is 38.9. The van der Waals surface area contributed by atoms with Gasteiger partial charge < -0.3 is 4.42 Å². The third kappa shape index (κ3) is 5.55. The molecule has 59 heavy (non-hydrogen) atoms. The molecular formula is C54H32N4O. The van der Waals surface area contributed by atoms with Crippen molar-refractivity contribution in [2.24, 2.45) is 0 Å². The molecule has 0 aliphatic heterocycles. The molecule has 0 aliphatic carbocycles. The summed E-state index contributed by atoms with van der Waals surface area (Å²) in [7, 11) is 0.